The van der Waals surface area contributed by atoms with Gasteiger partial charge in [-0.1, -0.05) is 0 Å². The summed E-state index contributed by atoms with van der Waals surface area (Å²) in [6, 6.07) is 4.12. The molecule has 0 amide bonds. The van der Waals surface area contributed by atoms with Crippen molar-refractivity contribution < 1.29 is 4.92 Å². The van der Waals surface area contributed by atoms with Gasteiger partial charge in [-0.05, 0) is 6.07 Å². The number of benzene rings is 1. The van der Waals surface area contributed by atoms with Gasteiger partial charge in [0.15, 0.2) is 0 Å². The van der Waals surface area contributed by atoms with E-state index in [4.69, 9.17) is 5.73 Å². The lowest BCUT2D eigenvalue weighted by Crippen LogP contribution is -1.90. The maximum absolute atomic E-state index is 10.2. The lowest BCUT2D eigenvalue weighted by Gasteiger charge is -1.96. The van der Waals surface area contributed by atoms with Gasteiger partial charge in [0.05, 0.1) is 4.92 Å². The molecule has 0 atom stereocenters. The van der Waals surface area contributed by atoms with Gasteiger partial charge in [-0.2, -0.15) is 0 Å². The number of anilines is 1. The quantitative estimate of drug-likeness (QED) is 0.319. The van der Waals surface area contributed by atoms with Gasteiger partial charge in [0, 0.05) is 22.7 Å². The number of nitrogen functional groups attached to an aromatic ring is 1. The Bertz CT molecular complexity index is 306. The Morgan fingerprint density at radius 3 is 2.50 bits per heavy atom. The molecule has 0 aliphatic rings. The van der Waals surface area contributed by atoms with Crippen molar-refractivity contribution in [3.63, 3.8) is 0 Å². The first-order valence-corrected chi connectivity index (χ1v) is 3.29. The number of halogens is 1. The molecule has 0 aliphatic carbocycles. The Kier molecular flexibility index (Phi) is 3.85. The van der Waals surface area contributed by atoms with Crippen LogP contribution < -0.4 is 5.73 Å². The summed E-state index contributed by atoms with van der Waals surface area (Å²) in [5.41, 5.74) is 5.84. The average molecular weight is 207 g/mol. The van der Waals surface area contributed by atoms with Gasteiger partial charge in [0.25, 0.3) is 5.69 Å². The molecule has 0 aliphatic heterocycles. The fraction of sp³-hybridized carbons (Fsp3) is 0. The van der Waals surface area contributed by atoms with Crippen LogP contribution >= 0.6 is 25.0 Å². The summed E-state index contributed by atoms with van der Waals surface area (Å²) < 4.78 is 0. The van der Waals surface area contributed by atoms with Crippen molar-refractivity contribution in [1.82, 2.24) is 0 Å². The standard InChI is InChI=1S/C6H6N2O2S.ClH/c7-5-2-1-4(8(9)10)3-6(5)11;/h1-3,11H,7H2;1H. The zero-order valence-corrected chi connectivity index (χ0v) is 7.64. The van der Waals surface area contributed by atoms with E-state index in [9.17, 15) is 10.1 Å². The number of nitro benzene ring substituents is 1. The summed E-state index contributed by atoms with van der Waals surface area (Å²) in [5, 5.41) is 10.2. The summed E-state index contributed by atoms with van der Waals surface area (Å²) in [6.07, 6.45) is 0. The molecule has 0 heterocycles. The van der Waals surface area contributed by atoms with Crippen LogP contribution in [0.4, 0.5) is 11.4 Å². The van der Waals surface area contributed by atoms with Crippen molar-refractivity contribution in [3.05, 3.63) is 28.3 Å². The Balaban J connectivity index is 0.00000121. The van der Waals surface area contributed by atoms with Crippen LogP contribution in [-0.4, -0.2) is 4.92 Å². The minimum absolute atomic E-state index is 0. The summed E-state index contributed by atoms with van der Waals surface area (Å²) >= 11 is 3.93. The number of hydrogen-bond donors (Lipinski definition) is 2. The van der Waals surface area contributed by atoms with Crippen LogP contribution in [0.3, 0.4) is 0 Å². The summed E-state index contributed by atoms with van der Waals surface area (Å²) in [6.45, 7) is 0. The molecular formula is C6H7ClN2O2S. The van der Waals surface area contributed by atoms with Gasteiger partial charge >= 0.3 is 0 Å². The van der Waals surface area contributed by atoms with Gasteiger partial charge in [-0.25, -0.2) is 0 Å². The second-order valence-corrected chi connectivity index (χ2v) is 2.48. The molecule has 0 saturated heterocycles. The predicted octanol–water partition coefficient (Wildman–Crippen LogP) is 1.89. The number of nitrogens with zero attached hydrogens (tertiary/aromatic N) is 1. The van der Waals surface area contributed by atoms with E-state index < -0.39 is 4.92 Å². The number of rotatable bonds is 1. The molecule has 6 heteroatoms. The largest absolute Gasteiger partial charge is 0.398 e. The predicted molar refractivity (Wildman–Crippen MR) is 52.0 cm³/mol. The fourth-order valence-corrected chi connectivity index (χ4v) is 0.852. The van der Waals surface area contributed by atoms with Gasteiger partial charge in [-0.3, -0.25) is 10.1 Å². The van der Waals surface area contributed by atoms with Gasteiger partial charge in [0.1, 0.15) is 0 Å². The molecule has 0 radical (unpaired) electrons. The van der Waals surface area contributed by atoms with Crippen LogP contribution in [0.1, 0.15) is 0 Å². The van der Waals surface area contributed by atoms with Gasteiger partial charge in [0.2, 0.25) is 0 Å². The van der Waals surface area contributed by atoms with Crippen LogP contribution in [-0.2, 0) is 0 Å². The van der Waals surface area contributed by atoms with Crippen molar-refractivity contribution in [3.8, 4) is 0 Å². The van der Waals surface area contributed by atoms with E-state index in [0.717, 1.165) is 0 Å². The Morgan fingerprint density at radius 2 is 2.08 bits per heavy atom. The number of nitrogens with two attached hydrogens (primary N) is 1. The highest BCUT2D eigenvalue weighted by molar-refractivity contribution is 7.80. The fourth-order valence-electron chi connectivity index (χ4n) is 0.646. The average Bonchev–Trinajstić information content (AvgIpc) is 1.94. The first kappa shape index (κ1) is 11.1. The van der Waals surface area contributed by atoms with Crippen LogP contribution in [0.2, 0.25) is 0 Å². The Hall–Kier alpha value is -0.940. The third kappa shape index (κ3) is 2.28. The minimum Gasteiger partial charge on any atom is -0.398 e. The molecule has 4 nitrogen and oxygen atoms in total. The molecule has 1 aromatic rings. The van der Waals surface area contributed by atoms with Crippen molar-refractivity contribution in [1.29, 1.82) is 0 Å². The number of hydrogen-bond acceptors (Lipinski definition) is 4. The van der Waals surface area contributed by atoms with Crippen LogP contribution in [0.15, 0.2) is 23.1 Å². The van der Waals surface area contributed by atoms with Crippen LogP contribution in [0.5, 0.6) is 0 Å². The molecule has 66 valence electrons. The number of nitro groups is 1. The van der Waals surface area contributed by atoms with Crippen molar-refractivity contribution >= 4 is 36.4 Å². The Labute approximate surface area is 80.7 Å². The third-order valence-electron chi connectivity index (χ3n) is 1.22. The van der Waals surface area contributed by atoms with Crippen LogP contribution in [0.25, 0.3) is 0 Å². The van der Waals surface area contributed by atoms with Crippen molar-refractivity contribution in [2.45, 2.75) is 4.90 Å². The Morgan fingerprint density at radius 1 is 1.50 bits per heavy atom. The highest BCUT2D eigenvalue weighted by Crippen LogP contribution is 2.21. The number of thiol groups is 1. The van der Waals surface area contributed by atoms with Gasteiger partial charge < -0.3 is 5.73 Å². The first-order valence-electron chi connectivity index (χ1n) is 2.84. The summed E-state index contributed by atoms with van der Waals surface area (Å²) in [5.74, 6) is 0. The van der Waals surface area contributed by atoms with E-state index in [1.54, 1.807) is 0 Å². The third-order valence-corrected chi connectivity index (χ3v) is 1.61. The molecule has 1 rings (SSSR count). The van der Waals surface area contributed by atoms with E-state index >= 15 is 0 Å². The first-order chi connectivity index (χ1) is 5.11. The topological polar surface area (TPSA) is 69.2 Å². The molecule has 0 unspecified atom stereocenters. The molecule has 0 saturated carbocycles. The normalized spacial score (nSPS) is 8.75. The van der Waals surface area contributed by atoms with E-state index in [1.165, 1.54) is 18.2 Å². The second-order valence-electron chi connectivity index (χ2n) is 2.00. The highest BCUT2D eigenvalue weighted by Gasteiger charge is 2.05. The minimum atomic E-state index is -0.487. The zero-order valence-electron chi connectivity index (χ0n) is 5.93. The maximum Gasteiger partial charge on any atom is 0.270 e. The SMILES string of the molecule is Cl.Nc1ccc([N+](=O)[O-])cc1S. The van der Waals surface area contributed by atoms with Gasteiger partial charge in [-0.15, -0.1) is 25.0 Å². The molecule has 1 aromatic carbocycles. The molecule has 0 aromatic heterocycles. The van der Waals surface area contributed by atoms with E-state index in [0.29, 0.717) is 10.6 Å². The van der Waals surface area contributed by atoms with E-state index in [-0.39, 0.29) is 18.1 Å². The lowest BCUT2D eigenvalue weighted by atomic mass is 10.3. The summed E-state index contributed by atoms with van der Waals surface area (Å²) in [7, 11) is 0. The molecular weight excluding hydrogens is 200 g/mol. The molecule has 0 fully saturated rings. The number of non-ortho nitro benzene ring substituents is 1. The molecule has 2 N–H and O–H groups in total. The van der Waals surface area contributed by atoms with Crippen molar-refractivity contribution in [2.75, 3.05) is 5.73 Å². The van der Waals surface area contributed by atoms with Crippen LogP contribution in [0, 0.1) is 10.1 Å². The molecule has 0 bridgehead atoms. The second kappa shape index (κ2) is 4.18. The maximum atomic E-state index is 10.2. The molecule has 0 spiro atoms. The van der Waals surface area contributed by atoms with Crippen molar-refractivity contribution in [2.24, 2.45) is 0 Å². The monoisotopic (exact) mass is 206 g/mol. The molecule has 12 heavy (non-hydrogen) atoms. The van der Waals surface area contributed by atoms with E-state index in [1.807, 2.05) is 0 Å². The smallest absolute Gasteiger partial charge is 0.270 e. The zero-order chi connectivity index (χ0) is 8.43. The lowest BCUT2D eigenvalue weighted by molar-refractivity contribution is -0.385. The summed E-state index contributed by atoms with van der Waals surface area (Å²) in [4.78, 5) is 10.1. The van der Waals surface area contributed by atoms with E-state index in [2.05, 4.69) is 12.6 Å². The highest BCUT2D eigenvalue weighted by atomic mass is 35.5.